The number of hydrogen-bond donors (Lipinski definition) is 2. The first-order valence-corrected chi connectivity index (χ1v) is 8.25. The van der Waals surface area contributed by atoms with E-state index >= 15 is 0 Å². The SMILES string of the molecule is CCCNCCCN(C)S(=O)(=O)NCCC(C)C. The molecule has 0 saturated heterocycles. The maximum Gasteiger partial charge on any atom is 0.279 e. The molecule has 18 heavy (non-hydrogen) atoms. The van der Waals surface area contributed by atoms with Crippen molar-refractivity contribution in [3.63, 3.8) is 0 Å². The van der Waals surface area contributed by atoms with Crippen LogP contribution in [-0.4, -0.2) is 45.9 Å². The number of nitrogens with zero attached hydrogens (tertiary/aromatic N) is 1. The molecule has 0 aliphatic rings. The van der Waals surface area contributed by atoms with E-state index in [9.17, 15) is 8.42 Å². The molecule has 0 amide bonds. The summed E-state index contributed by atoms with van der Waals surface area (Å²) < 4.78 is 27.7. The Labute approximate surface area is 113 Å². The van der Waals surface area contributed by atoms with Crippen molar-refractivity contribution < 1.29 is 8.42 Å². The minimum atomic E-state index is -3.29. The molecule has 0 aliphatic heterocycles. The van der Waals surface area contributed by atoms with Crippen molar-refractivity contribution in [1.82, 2.24) is 14.3 Å². The maximum atomic E-state index is 11.8. The summed E-state index contributed by atoms with van der Waals surface area (Å²) in [4.78, 5) is 0. The fraction of sp³-hybridized carbons (Fsp3) is 1.00. The lowest BCUT2D eigenvalue weighted by molar-refractivity contribution is 0.441. The standard InChI is InChI=1S/C12H29N3O2S/c1-5-8-13-9-6-11-15(4)18(16,17)14-10-7-12(2)3/h12-14H,5-11H2,1-4H3. The van der Waals surface area contributed by atoms with Crippen LogP contribution < -0.4 is 10.0 Å². The quantitative estimate of drug-likeness (QED) is 0.559. The monoisotopic (exact) mass is 279 g/mol. The lowest BCUT2D eigenvalue weighted by Gasteiger charge is -2.18. The van der Waals surface area contributed by atoms with Crippen LogP contribution in [0.2, 0.25) is 0 Å². The van der Waals surface area contributed by atoms with E-state index in [0.29, 0.717) is 19.0 Å². The second-order valence-corrected chi connectivity index (χ2v) is 6.87. The van der Waals surface area contributed by atoms with Gasteiger partial charge < -0.3 is 5.32 Å². The molecule has 0 bridgehead atoms. The highest BCUT2D eigenvalue weighted by Crippen LogP contribution is 2.00. The van der Waals surface area contributed by atoms with Gasteiger partial charge in [0.15, 0.2) is 0 Å². The lowest BCUT2D eigenvalue weighted by atomic mass is 10.1. The molecule has 2 N–H and O–H groups in total. The molecule has 0 saturated carbocycles. The van der Waals surface area contributed by atoms with Gasteiger partial charge in [-0.05, 0) is 38.3 Å². The van der Waals surface area contributed by atoms with Crippen LogP contribution in [0.15, 0.2) is 0 Å². The first-order chi connectivity index (χ1) is 8.40. The molecule has 0 heterocycles. The largest absolute Gasteiger partial charge is 0.317 e. The van der Waals surface area contributed by atoms with Crippen molar-refractivity contribution in [3.8, 4) is 0 Å². The van der Waals surface area contributed by atoms with Gasteiger partial charge in [-0.1, -0.05) is 20.8 Å². The van der Waals surface area contributed by atoms with Crippen molar-refractivity contribution in [2.75, 3.05) is 33.2 Å². The Morgan fingerprint density at radius 1 is 1.17 bits per heavy atom. The smallest absolute Gasteiger partial charge is 0.279 e. The molecule has 5 nitrogen and oxygen atoms in total. The molecule has 110 valence electrons. The highest BCUT2D eigenvalue weighted by Gasteiger charge is 2.15. The zero-order valence-electron chi connectivity index (χ0n) is 12.2. The van der Waals surface area contributed by atoms with Gasteiger partial charge >= 0.3 is 0 Å². The molecule has 0 unspecified atom stereocenters. The van der Waals surface area contributed by atoms with Gasteiger partial charge in [-0.2, -0.15) is 12.7 Å². The maximum absolute atomic E-state index is 11.8. The van der Waals surface area contributed by atoms with Crippen LogP contribution in [0.4, 0.5) is 0 Å². The Morgan fingerprint density at radius 2 is 1.83 bits per heavy atom. The average Bonchev–Trinajstić information content (AvgIpc) is 2.27. The molecule has 0 fully saturated rings. The van der Waals surface area contributed by atoms with Crippen molar-refractivity contribution >= 4 is 10.2 Å². The Bertz CT molecular complexity index is 292. The first-order valence-electron chi connectivity index (χ1n) is 6.81. The van der Waals surface area contributed by atoms with Crippen molar-refractivity contribution in [3.05, 3.63) is 0 Å². The molecule has 0 aromatic heterocycles. The predicted molar refractivity (Wildman–Crippen MR) is 76.8 cm³/mol. The zero-order valence-corrected chi connectivity index (χ0v) is 13.0. The van der Waals surface area contributed by atoms with E-state index in [1.54, 1.807) is 7.05 Å². The fourth-order valence-electron chi connectivity index (χ4n) is 1.44. The molecule has 0 aromatic carbocycles. The molecule has 0 spiro atoms. The molecule has 0 rings (SSSR count). The summed E-state index contributed by atoms with van der Waals surface area (Å²) in [5.74, 6) is 0.510. The summed E-state index contributed by atoms with van der Waals surface area (Å²) in [6, 6.07) is 0. The summed E-state index contributed by atoms with van der Waals surface area (Å²) in [5.41, 5.74) is 0. The van der Waals surface area contributed by atoms with Gasteiger partial charge in [0, 0.05) is 20.1 Å². The van der Waals surface area contributed by atoms with Gasteiger partial charge in [0.05, 0.1) is 0 Å². The van der Waals surface area contributed by atoms with Gasteiger partial charge in [0.25, 0.3) is 10.2 Å². The second kappa shape index (κ2) is 9.72. The van der Waals surface area contributed by atoms with Crippen LogP contribution in [-0.2, 0) is 10.2 Å². The van der Waals surface area contributed by atoms with Gasteiger partial charge in [-0.3, -0.25) is 0 Å². The third-order valence-electron chi connectivity index (χ3n) is 2.67. The molecule has 6 heteroatoms. The number of rotatable bonds is 11. The van der Waals surface area contributed by atoms with Crippen LogP contribution in [0, 0.1) is 5.92 Å². The average molecular weight is 279 g/mol. The first kappa shape index (κ1) is 17.8. The molecule has 0 aliphatic carbocycles. The Morgan fingerprint density at radius 3 is 2.39 bits per heavy atom. The predicted octanol–water partition coefficient (Wildman–Crippen LogP) is 1.19. The van der Waals surface area contributed by atoms with Gasteiger partial charge in [-0.15, -0.1) is 0 Å². The van der Waals surface area contributed by atoms with Crippen LogP contribution >= 0.6 is 0 Å². The van der Waals surface area contributed by atoms with E-state index in [-0.39, 0.29) is 0 Å². The topological polar surface area (TPSA) is 61.4 Å². The lowest BCUT2D eigenvalue weighted by Crippen LogP contribution is -2.40. The third-order valence-corrected chi connectivity index (χ3v) is 4.24. The minimum Gasteiger partial charge on any atom is -0.317 e. The van der Waals surface area contributed by atoms with Crippen LogP contribution in [0.5, 0.6) is 0 Å². The van der Waals surface area contributed by atoms with Gasteiger partial charge in [0.1, 0.15) is 0 Å². The summed E-state index contributed by atoms with van der Waals surface area (Å²) in [6.45, 7) is 9.19. The Kier molecular flexibility index (Phi) is 9.63. The normalized spacial score (nSPS) is 12.6. The number of nitrogens with one attached hydrogen (secondary N) is 2. The zero-order chi connectivity index (χ0) is 14.0. The highest BCUT2D eigenvalue weighted by molar-refractivity contribution is 7.87. The Balaban J connectivity index is 3.81. The fourth-order valence-corrected chi connectivity index (χ4v) is 2.40. The summed E-state index contributed by atoms with van der Waals surface area (Å²) in [7, 11) is -1.67. The van der Waals surface area contributed by atoms with Crippen molar-refractivity contribution in [1.29, 1.82) is 0 Å². The second-order valence-electron chi connectivity index (χ2n) is 5.01. The van der Waals surface area contributed by atoms with E-state index in [0.717, 1.165) is 32.4 Å². The molecular weight excluding hydrogens is 250 g/mol. The Hall–Kier alpha value is -0.170. The molecule has 0 radical (unpaired) electrons. The third kappa shape index (κ3) is 8.85. The van der Waals surface area contributed by atoms with Gasteiger partial charge in [-0.25, -0.2) is 4.72 Å². The van der Waals surface area contributed by atoms with Crippen LogP contribution in [0.25, 0.3) is 0 Å². The number of hydrogen-bond acceptors (Lipinski definition) is 3. The van der Waals surface area contributed by atoms with E-state index in [1.165, 1.54) is 4.31 Å². The van der Waals surface area contributed by atoms with E-state index in [2.05, 4.69) is 30.8 Å². The van der Waals surface area contributed by atoms with Crippen molar-refractivity contribution in [2.45, 2.75) is 40.0 Å². The molecule has 0 atom stereocenters. The summed E-state index contributed by atoms with van der Waals surface area (Å²) in [5, 5.41) is 3.26. The van der Waals surface area contributed by atoms with Crippen LogP contribution in [0.1, 0.15) is 40.0 Å². The minimum absolute atomic E-state index is 0.510. The molecule has 0 aromatic rings. The van der Waals surface area contributed by atoms with Gasteiger partial charge in [0.2, 0.25) is 0 Å². The highest BCUT2D eigenvalue weighted by atomic mass is 32.2. The summed E-state index contributed by atoms with van der Waals surface area (Å²) in [6.07, 6.45) is 2.80. The summed E-state index contributed by atoms with van der Waals surface area (Å²) >= 11 is 0. The van der Waals surface area contributed by atoms with E-state index in [1.807, 2.05) is 0 Å². The van der Waals surface area contributed by atoms with Crippen molar-refractivity contribution in [2.24, 2.45) is 5.92 Å². The van der Waals surface area contributed by atoms with E-state index in [4.69, 9.17) is 0 Å². The van der Waals surface area contributed by atoms with Crippen LogP contribution in [0.3, 0.4) is 0 Å². The molecular formula is C12H29N3O2S. The van der Waals surface area contributed by atoms with E-state index < -0.39 is 10.2 Å².